The van der Waals surface area contributed by atoms with E-state index in [1.165, 1.54) is 12.8 Å². The SMILES string of the molecule is C[C@@H](CNC(=O)N1CCN(C(=O)c2ccccc2)CC1)N1CCCC1. The second kappa shape index (κ2) is 8.34. The number of carbonyl (C=O) groups is 2. The van der Waals surface area contributed by atoms with Crippen molar-refractivity contribution in [2.45, 2.75) is 25.8 Å². The summed E-state index contributed by atoms with van der Waals surface area (Å²) in [6, 6.07) is 9.69. The number of carbonyl (C=O) groups excluding carboxylic acids is 2. The normalized spacial score (nSPS) is 19.7. The second-order valence-electron chi connectivity index (χ2n) is 6.92. The fraction of sp³-hybridized carbons (Fsp3) is 0.579. The van der Waals surface area contributed by atoms with E-state index in [0.29, 0.717) is 44.3 Å². The fourth-order valence-corrected chi connectivity index (χ4v) is 3.53. The summed E-state index contributed by atoms with van der Waals surface area (Å²) < 4.78 is 0. The zero-order chi connectivity index (χ0) is 17.6. The summed E-state index contributed by atoms with van der Waals surface area (Å²) in [5, 5.41) is 3.05. The lowest BCUT2D eigenvalue weighted by Gasteiger charge is -2.35. The van der Waals surface area contributed by atoms with E-state index in [0.717, 1.165) is 13.1 Å². The first-order valence-corrected chi connectivity index (χ1v) is 9.26. The molecule has 6 nitrogen and oxygen atoms in total. The Hall–Kier alpha value is -2.08. The summed E-state index contributed by atoms with van der Waals surface area (Å²) in [4.78, 5) is 30.9. The molecule has 3 amide bonds. The first-order chi connectivity index (χ1) is 12.1. The number of benzene rings is 1. The van der Waals surface area contributed by atoms with Crippen molar-refractivity contribution < 1.29 is 9.59 Å². The molecule has 1 N–H and O–H groups in total. The van der Waals surface area contributed by atoms with Crippen molar-refractivity contribution in [1.29, 1.82) is 0 Å². The molecule has 1 atom stereocenters. The van der Waals surface area contributed by atoms with Crippen LogP contribution in [0.15, 0.2) is 30.3 Å². The Balaban J connectivity index is 1.42. The van der Waals surface area contributed by atoms with Gasteiger partial charge in [-0.3, -0.25) is 9.69 Å². The highest BCUT2D eigenvalue weighted by Gasteiger charge is 2.25. The minimum Gasteiger partial charge on any atom is -0.336 e. The van der Waals surface area contributed by atoms with Gasteiger partial charge < -0.3 is 15.1 Å². The minimum absolute atomic E-state index is 0.0159. The van der Waals surface area contributed by atoms with Crippen molar-refractivity contribution >= 4 is 11.9 Å². The smallest absolute Gasteiger partial charge is 0.317 e. The van der Waals surface area contributed by atoms with E-state index in [4.69, 9.17) is 0 Å². The van der Waals surface area contributed by atoms with Crippen LogP contribution in [0.4, 0.5) is 4.79 Å². The lowest BCUT2D eigenvalue weighted by atomic mass is 10.2. The van der Waals surface area contributed by atoms with Crippen molar-refractivity contribution in [3.63, 3.8) is 0 Å². The fourth-order valence-electron chi connectivity index (χ4n) is 3.53. The molecule has 0 aliphatic carbocycles. The van der Waals surface area contributed by atoms with Crippen molar-refractivity contribution in [3.05, 3.63) is 35.9 Å². The molecule has 0 saturated carbocycles. The highest BCUT2D eigenvalue weighted by molar-refractivity contribution is 5.94. The molecule has 1 aromatic rings. The van der Waals surface area contributed by atoms with E-state index >= 15 is 0 Å². The predicted octanol–water partition coefficient (Wildman–Crippen LogP) is 1.64. The van der Waals surface area contributed by atoms with Crippen LogP contribution in [-0.2, 0) is 0 Å². The van der Waals surface area contributed by atoms with Crippen molar-refractivity contribution in [2.24, 2.45) is 0 Å². The van der Waals surface area contributed by atoms with Gasteiger partial charge in [0.15, 0.2) is 0 Å². The van der Waals surface area contributed by atoms with Gasteiger partial charge in [0.2, 0.25) is 0 Å². The Morgan fingerprint density at radius 2 is 1.56 bits per heavy atom. The number of hydrogen-bond acceptors (Lipinski definition) is 3. The molecule has 0 spiro atoms. The zero-order valence-corrected chi connectivity index (χ0v) is 15.0. The van der Waals surface area contributed by atoms with Crippen LogP contribution in [0, 0.1) is 0 Å². The van der Waals surface area contributed by atoms with E-state index in [-0.39, 0.29) is 11.9 Å². The zero-order valence-electron chi connectivity index (χ0n) is 15.0. The number of rotatable bonds is 4. The van der Waals surface area contributed by atoms with Gasteiger partial charge in [-0.2, -0.15) is 0 Å². The van der Waals surface area contributed by atoms with Crippen LogP contribution in [-0.4, -0.2) is 78.5 Å². The predicted molar refractivity (Wildman–Crippen MR) is 97.6 cm³/mol. The summed E-state index contributed by atoms with van der Waals surface area (Å²) in [7, 11) is 0. The number of nitrogens with one attached hydrogen (secondary N) is 1. The number of urea groups is 1. The molecule has 2 fully saturated rings. The van der Waals surface area contributed by atoms with Gasteiger partial charge in [-0.15, -0.1) is 0 Å². The van der Waals surface area contributed by atoms with Crippen LogP contribution >= 0.6 is 0 Å². The lowest BCUT2D eigenvalue weighted by Crippen LogP contribution is -2.54. The third-order valence-corrected chi connectivity index (χ3v) is 5.19. The monoisotopic (exact) mass is 344 g/mol. The Kier molecular flexibility index (Phi) is 5.91. The van der Waals surface area contributed by atoms with E-state index in [1.807, 2.05) is 40.1 Å². The molecule has 0 aromatic heterocycles. The van der Waals surface area contributed by atoms with Crippen molar-refractivity contribution in [3.8, 4) is 0 Å². The highest BCUT2D eigenvalue weighted by atomic mass is 16.2. The number of hydrogen-bond donors (Lipinski definition) is 1. The van der Waals surface area contributed by atoms with Crippen LogP contribution in [0.5, 0.6) is 0 Å². The van der Waals surface area contributed by atoms with E-state index in [1.54, 1.807) is 0 Å². The summed E-state index contributed by atoms with van der Waals surface area (Å²) >= 11 is 0. The van der Waals surface area contributed by atoms with E-state index in [2.05, 4.69) is 17.1 Å². The molecule has 2 aliphatic rings. The van der Waals surface area contributed by atoms with Gasteiger partial charge in [0.1, 0.15) is 0 Å². The molecule has 0 unspecified atom stereocenters. The second-order valence-corrected chi connectivity index (χ2v) is 6.92. The lowest BCUT2D eigenvalue weighted by molar-refractivity contribution is 0.0664. The number of likely N-dealkylation sites (tertiary alicyclic amines) is 1. The molecular formula is C19H28N4O2. The van der Waals surface area contributed by atoms with E-state index < -0.39 is 0 Å². The highest BCUT2D eigenvalue weighted by Crippen LogP contribution is 2.11. The van der Waals surface area contributed by atoms with Crippen molar-refractivity contribution in [1.82, 2.24) is 20.0 Å². The molecule has 0 bridgehead atoms. The molecule has 6 heteroatoms. The van der Waals surface area contributed by atoms with Crippen LogP contribution in [0.25, 0.3) is 0 Å². The van der Waals surface area contributed by atoms with Crippen molar-refractivity contribution in [2.75, 3.05) is 45.8 Å². The first kappa shape index (κ1) is 17.7. The average Bonchev–Trinajstić information content (AvgIpc) is 3.21. The number of piperazine rings is 1. The minimum atomic E-state index is -0.0159. The van der Waals surface area contributed by atoms with Gasteiger partial charge in [0.05, 0.1) is 0 Å². The van der Waals surface area contributed by atoms with Gasteiger partial charge >= 0.3 is 6.03 Å². The number of amides is 3. The Bertz CT molecular complexity index is 578. The molecule has 3 rings (SSSR count). The third-order valence-electron chi connectivity index (χ3n) is 5.19. The summed E-state index contributed by atoms with van der Waals surface area (Å²) in [5.74, 6) is 0.0447. The van der Waals surface area contributed by atoms with Gasteiger partial charge in [-0.25, -0.2) is 4.79 Å². The maximum atomic E-state index is 12.4. The molecule has 0 radical (unpaired) electrons. The standard InChI is InChI=1S/C19H28N4O2/c1-16(21-9-5-6-10-21)15-20-19(25)23-13-11-22(12-14-23)18(24)17-7-3-2-4-8-17/h2-4,7-8,16H,5-6,9-15H2,1H3,(H,20,25)/t16-/m0/s1. The maximum absolute atomic E-state index is 12.4. The van der Waals surface area contributed by atoms with E-state index in [9.17, 15) is 9.59 Å². The van der Waals surface area contributed by atoms with Crippen LogP contribution in [0.1, 0.15) is 30.1 Å². The molecule has 2 saturated heterocycles. The Morgan fingerprint density at radius 3 is 2.20 bits per heavy atom. The maximum Gasteiger partial charge on any atom is 0.317 e. The molecule has 2 heterocycles. The van der Waals surface area contributed by atoms with Crippen LogP contribution in [0.3, 0.4) is 0 Å². The van der Waals surface area contributed by atoms with Crippen LogP contribution < -0.4 is 5.32 Å². The summed E-state index contributed by atoms with van der Waals surface area (Å²) in [6.07, 6.45) is 2.52. The average molecular weight is 344 g/mol. The Morgan fingerprint density at radius 1 is 0.960 bits per heavy atom. The molecule has 25 heavy (non-hydrogen) atoms. The van der Waals surface area contributed by atoms with Gasteiger partial charge in [-0.1, -0.05) is 18.2 Å². The summed E-state index contributed by atoms with van der Waals surface area (Å²) in [6.45, 7) is 7.47. The number of nitrogens with zero attached hydrogens (tertiary/aromatic N) is 3. The largest absolute Gasteiger partial charge is 0.336 e. The van der Waals surface area contributed by atoms with Crippen LogP contribution in [0.2, 0.25) is 0 Å². The van der Waals surface area contributed by atoms with Gasteiger partial charge in [-0.05, 0) is 45.0 Å². The first-order valence-electron chi connectivity index (χ1n) is 9.26. The summed E-state index contributed by atoms with van der Waals surface area (Å²) in [5.41, 5.74) is 0.708. The molecular weight excluding hydrogens is 316 g/mol. The van der Waals surface area contributed by atoms with Gasteiger partial charge in [0, 0.05) is 44.3 Å². The molecule has 2 aliphatic heterocycles. The Labute approximate surface area is 149 Å². The van der Waals surface area contributed by atoms with Gasteiger partial charge in [0.25, 0.3) is 5.91 Å². The quantitative estimate of drug-likeness (QED) is 0.903. The third kappa shape index (κ3) is 4.51. The molecule has 136 valence electrons. The topological polar surface area (TPSA) is 55.9 Å². The molecule has 1 aromatic carbocycles.